The number of hydrogen-bond donors (Lipinski definition) is 1. The number of benzene rings is 1. The monoisotopic (exact) mass is 329 g/mol. The van der Waals surface area contributed by atoms with Crippen LogP contribution in [0.15, 0.2) is 23.1 Å². The standard InChI is InChI=1S/C16H24ClNO2S/c1-3-12-7-4-5-9-15(12)18-11-13-14(17)8-6-10-16(13)21(2,19)20/h6,8,10,12,15,18H,3-5,7,9,11H2,1-2H3. The van der Waals surface area contributed by atoms with Gasteiger partial charge in [0.1, 0.15) is 0 Å². The van der Waals surface area contributed by atoms with Gasteiger partial charge in [0.05, 0.1) is 4.90 Å². The Labute approximate surface area is 133 Å². The molecule has 5 heteroatoms. The molecule has 1 saturated carbocycles. The maximum atomic E-state index is 11.9. The summed E-state index contributed by atoms with van der Waals surface area (Å²) in [5.74, 6) is 0.683. The summed E-state index contributed by atoms with van der Waals surface area (Å²) in [6.07, 6.45) is 7.37. The predicted octanol–water partition coefficient (Wildman–Crippen LogP) is 3.80. The summed E-state index contributed by atoms with van der Waals surface area (Å²) >= 11 is 6.22. The molecule has 1 N–H and O–H groups in total. The highest BCUT2D eigenvalue weighted by Crippen LogP contribution is 2.29. The van der Waals surface area contributed by atoms with Gasteiger partial charge in [-0.25, -0.2) is 8.42 Å². The lowest BCUT2D eigenvalue weighted by Crippen LogP contribution is -2.38. The molecule has 0 aromatic heterocycles. The van der Waals surface area contributed by atoms with E-state index in [0.717, 1.165) is 6.42 Å². The van der Waals surface area contributed by atoms with Gasteiger partial charge in [0.15, 0.2) is 9.84 Å². The lowest BCUT2D eigenvalue weighted by atomic mass is 9.83. The highest BCUT2D eigenvalue weighted by atomic mass is 35.5. The Morgan fingerprint density at radius 3 is 2.67 bits per heavy atom. The highest BCUT2D eigenvalue weighted by molar-refractivity contribution is 7.90. The zero-order valence-electron chi connectivity index (χ0n) is 12.7. The van der Waals surface area contributed by atoms with Crippen molar-refractivity contribution < 1.29 is 8.42 Å². The molecular weight excluding hydrogens is 306 g/mol. The van der Waals surface area contributed by atoms with Crippen LogP contribution in [0.4, 0.5) is 0 Å². The van der Waals surface area contributed by atoms with Crippen molar-refractivity contribution in [2.45, 2.75) is 56.5 Å². The average molecular weight is 330 g/mol. The molecule has 1 aromatic rings. The lowest BCUT2D eigenvalue weighted by Gasteiger charge is -2.32. The fourth-order valence-corrected chi connectivity index (χ4v) is 4.51. The maximum Gasteiger partial charge on any atom is 0.175 e. The van der Waals surface area contributed by atoms with Crippen LogP contribution in [0.1, 0.15) is 44.6 Å². The molecule has 0 amide bonds. The quantitative estimate of drug-likeness (QED) is 0.893. The number of halogens is 1. The van der Waals surface area contributed by atoms with Crippen LogP contribution in [0.2, 0.25) is 5.02 Å². The largest absolute Gasteiger partial charge is 0.310 e. The average Bonchev–Trinajstić information content (AvgIpc) is 2.45. The van der Waals surface area contributed by atoms with Crippen molar-refractivity contribution in [1.29, 1.82) is 0 Å². The van der Waals surface area contributed by atoms with Crippen LogP contribution in [-0.4, -0.2) is 20.7 Å². The molecule has 1 aliphatic carbocycles. The molecule has 2 rings (SSSR count). The molecule has 3 nitrogen and oxygen atoms in total. The number of rotatable bonds is 5. The van der Waals surface area contributed by atoms with Gasteiger partial charge >= 0.3 is 0 Å². The SMILES string of the molecule is CCC1CCCCC1NCc1c(Cl)cccc1S(C)(=O)=O. The van der Waals surface area contributed by atoms with E-state index in [-0.39, 0.29) is 0 Å². The van der Waals surface area contributed by atoms with Crippen LogP contribution in [0.5, 0.6) is 0 Å². The summed E-state index contributed by atoms with van der Waals surface area (Å²) in [4.78, 5) is 0.339. The summed E-state index contributed by atoms with van der Waals surface area (Å²) in [6.45, 7) is 2.74. The molecule has 1 aliphatic rings. The number of sulfone groups is 1. The Morgan fingerprint density at radius 2 is 2.00 bits per heavy atom. The van der Waals surface area contributed by atoms with Gasteiger partial charge in [-0.05, 0) is 30.9 Å². The smallest absolute Gasteiger partial charge is 0.175 e. The molecule has 2 atom stereocenters. The molecule has 0 aliphatic heterocycles. The van der Waals surface area contributed by atoms with Crippen LogP contribution in [0.3, 0.4) is 0 Å². The first kappa shape index (κ1) is 16.8. The molecule has 0 spiro atoms. The second-order valence-corrected chi connectivity index (χ2v) is 8.32. The molecule has 1 aromatic carbocycles. The van der Waals surface area contributed by atoms with Crippen molar-refractivity contribution in [2.24, 2.45) is 5.92 Å². The van der Waals surface area contributed by atoms with E-state index in [1.165, 1.54) is 31.9 Å². The minimum Gasteiger partial charge on any atom is -0.310 e. The van der Waals surface area contributed by atoms with Crippen molar-refractivity contribution in [1.82, 2.24) is 5.32 Å². The van der Waals surface area contributed by atoms with Gasteiger partial charge in [-0.1, -0.05) is 43.9 Å². The van der Waals surface area contributed by atoms with E-state index in [2.05, 4.69) is 12.2 Å². The zero-order chi connectivity index (χ0) is 15.5. The Balaban J connectivity index is 2.16. The van der Waals surface area contributed by atoms with Crippen molar-refractivity contribution in [3.8, 4) is 0 Å². The molecule has 2 unspecified atom stereocenters. The molecule has 21 heavy (non-hydrogen) atoms. The van der Waals surface area contributed by atoms with Crippen LogP contribution >= 0.6 is 11.6 Å². The Hall–Kier alpha value is -0.580. The van der Waals surface area contributed by atoms with E-state index in [1.54, 1.807) is 18.2 Å². The van der Waals surface area contributed by atoms with E-state index in [0.29, 0.717) is 34.0 Å². The van der Waals surface area contributed by atoms with Crippen LogP contribution in [0, 0.1) is 5.92 Å². The molecule has 0 heterocycles. The first-order valence-corrected chi connectivity index (χ1v) is 9.91. The van der Waals surface area contributed by atoms with Gasteiger partial charge < -0.3 is 5.32 Å². The second-order valence-electron chi connectivity index (χ2n) is 5.93. The van der Waals surface area contributed by atoms with Gasteiger partial charge in [0.2, 0.25) is 0 Å². The van der Waals surface area contributed by atoms with Crippen molar-refractivity contribution >= 4 is 21.4 Å². The van der Waals surface area contributed by atoms with Gasteiger partial charge in [-0.15, -0.1) is 0 Å². The Morgan fingerprint density at radius 1 is 1.29 bits per heavy atom. The summed E-state index contributed by atoms with van der Waals surface area (Å²) in [5, 5.41) is 4.07. The third-order valence-electron chi connectivity index (χ3n) is 4.45. The fraction of sp³-hybridized carbons (Fsp3) is 0.625. The van der Waals surface area contributed by atoms with Gasteiger partial charge in [-0.2, -0.15) is 0 Å². The van der Waals surface area contributed by atoms with E-state index in [1.807, 2.05) is 0 Å². The summed E-state index contributed by atoms with van der Waals surface area (Å²) in [7, 11) is -3.25. The summed E-state index contributed by atoms with van der Waals surface area (Å²) < 4.78 is 23.8. The second kappa shape index (κ2) is 7.12. The van der Waals surface area contributed by atoms with Gasteiger partial charge in [0, 0.05) is 29.4 Å². The van der Waals surface area contributed by atoms with E-state index in [4.69, 9.17) is 11.6 Å². The van der Waals surface area contributed by atoms with Crippen LogP contribution < -0.4 is 5.32 Å². The zero-order valence-corrected chi connectivity index (χ0v) is 14.3. The molecule has 1 fully saturated rings. The first-order chi connectivity index (χ1) is 9.93. The molecule has 0 bridgehead atoms. The minimum absolute atomic E-state index is 0.339. The number of nitrogens with one attached hydrogen (secondary N) is 1. The Bertz CT molecular complexity index is 586. The molecular formula is C16H24ClNO2S. The van der Waals surface area contributed by atoms with Gasteiger partial charge in [-0.3, -0.25) is 0 Å². The molecule has 118 valence electrons. The van der Waals surface area contributed by atoms with Crippen LogP contribution in [-0.2, 0) is 16.4 Å². The lowest BCUT2D eigenvalue weighted by molar-refractivity contribution is 0.254. The van der Waals surface area contributed by atoms with Crippen molar-refractivity contribution in [2.75, 3.05) is 6.26 Å². The normalized spacial score (nSPS) is 23.2. The predicted molar refractivity (Wildman–Crippen MR) is 87.4 cm³/mol. The molecule has 0 saturated heterocycles. The summed E-state index contributed by atoms with van der Waals surface area (Å²) in [6, 6.07) is 5.55. The minimum atomic E-state index is -3.25. The van der Waals surface area contributed by atoms with Gasteiger partial charge in [0.25, 0.3) is 0 Å². The maximum absolute atomic E-state index is 11.9. The van der Waals surface area contributed by atoms with Crippen molar-refractivity contribution in [3.63, 3.8) is 0 Å². The van der Waals surface area contributed by atoms with E-state index < -0.39 is 9.84 Å². The summed E-state index contributed by atoms with van der Waals surface area (Å²) in [5.41, 5.74) is 0.696. The van der Waals surface area contributed by atoms with E-state index >= 15 is 0 Å². The topological polar surface area (TPSA) is 46.2 Å². The number of hydrogen-bond acceptors (Lipinski definition) is 3. The van der Waals surface area contributed by atoms with E-state index in [9.17, 15) is 8.42 Å². The van der Waals surface area contributed by atoms with Crippen LogP contribution in [0.25, 0.3) is 0 Å². The molecule has 0 radical (unpaired) electrons. The third-order valence-corrected chi connectivity index (χ3v) is 5.99. The highest BCUT2D eigenvalue weighted by Gasteiger charge is 2.24. The van der Waals surface area contributed by atoms with Crippen molar-refractivity contribution in [3.05, 3.63) is 28.8 Å². The Kier molecular flexibility index (Phi) is 5.69. The third kappa shape index (κ3) is 4.21. The fourth-order valence-electron chi connectivity index (χ4n) is 3.26. The first-order valence-electron chi connectivity index (χ1n) is 7.64.